The minimum atomic E-state index is -3.44. The standard InChI is InChI=1S/C20H24N2O7S/c1-12-9-13(7-8-16(12)22(2)30(6,25)26)19(23)21-15-11-18(28-4)17(27-3)10-14(15)20(24)29-5/h7-11H,1-6H3,(H,21,23). The van der Waals surface area contributed by atoms with Crippen LogP contribution in [-0.2, 0) is 14.8 Å². The van der Waals surface area contributed by atoms with E-state index in [9.17, 15) is 18.0 Å². The van der Waals surface area contributed by atoms with Crippen molar-refractivity contribution < 1.29 is 32.2 Å². The second-order valence-corrected chi connectivity index (χ2v) is 8.44. The molecule has 0 fully saturated rings. The number of carbonyl (C=O) groups is 2. The predicted molar refractivity (Wildman–Crippen MR) is 113 cm³/mol. The molecule has 0 aromatic heterocycles. The van der Waals surface area contributed by atoms with Crippen molar-refractivity contribution >= 4 is 33.3 Å². The molecule has 30 heavy (non-hydrogen) atoms. The number of hydrogen-bond acceptors (Lipinski definition) is 7. The number of hydrogen-bond donors (Lipinski definition) is 1. The first kappa shape index (κ1) is 23.0. The Morgan fingerprint density at radius 1 is 1.00 bits per heavy atom. The minimum Gasteiger partial charge on any atom is -0.493 e. The first-order valence-electron chi connectivity index (χ1n) is 8.73. The minimum absolute atomic E-state index is 0.0913. The van der Waals surface area contributed by atoms with Crippen molar-refractivity contribution in [1.29, 1.82) is 0 Å². The molecule has 0 saturated heterocycles. The van der Waals surface area contributed by atoms with Gasteiger partial charge in [-0.25, -0.2) is 13.2 Å². The summed E-state index contributed by atoms with van der Waals surface area (Å²) in [6, 6.07) is 7.47. The summed E-state index contributed by atoms with van der Waals surface area (Å²) in [5, 5.41) is 2.67. The molecule has 0 aliphatic heterocycles. The number of ether oxygens (including phenoxy) is 3. The lowest BCUT2D eigenvalue weighted by Gasteiger charge is -2.19. The van der Waals surface area contributed by atoms with E-state index in [1.165, 1.54) is 46.6 Å². The van der Waals surface area contributed by atoms with E-state index in [2.05, 4.69) is 5.32 Å². The van der Waals surface area contributed by atoms with E-state index in [-0.39, 0.29) is 16.8 Å². The zero-order valence-electron chi connectivity index (χ0n) is 17.6. The molecule has 0 aliphatic carbocycles. The Labute approximate surface area is 175 Å². The molecule has 1 N–H and O–H groups in total. The summed E-state index contributed by atoms with van der Waals surface area (Å²) in [4.78, 5) is 24.9. The highest BCUT2D eigenvalue weighted by Gasteiger charge is 2.21. The van der Waals surface area contributed by atoms with E-state index in [0.29, 0.717) is 22.7 Å². The zero-order valence-corrected chi connectivity index (χ0v) is 18.4. The SMILES string of the molecule is COC(=O)c1cc(OC)c(OC)cc1NC(=O)c1ccc(N(C)S(C)(=O)=O)c(C)c1. The molecule has 162 valence electrons. The number of nitrogens with one attached hydrogen (secondary N) is 1. The molecule has 0 bridgehead atoms. The van der Waals surface area contributed by atoms with Gasteiger partial charge in [0.2, 0.25) is 10.0 Å². The lowest BCUT2D eigenvalue weighted by Crippen LogP contribution is -2.25. The summed E-state index contributed by atoms with van der Waals surface area (Å²) in [6.07, 6.45) is 1.10. The number of sulfonamides is 1. The highest BCUT2D eigenvalue weighted by atomic mass is 32.2. The fourth-order valence-electron chi connectivity index (χ4n) is 2.78. The van der Waals surface area contributed by atoms with Crippen molar-refractivity contribution in [3.8, 4) is 11.5 Å². The van der Waals surface area contributed by atoms with Crippen molar-refractivity contribution in [3.05, 3.63) is 47.0 Å². The molecule has 0 spiro atoms. The normalized spacial score (nSPS) is 10.9. The Balaban J connectivity index is 2.42. The van der Waals surface area contributed by atoms with Gasteiger partial charge in [0.1, 0.15) is 0 Å². The van der Waals surface area contributed by atoms with Crippen LogP contribution >= 0.6 is 0 Å². The topological polar surface area (TPSA) is 111 Å². The van der Waals surface area contributed by atoms with Gasteiger partial charge in [-0.15, -0.1) is 0 Å². The second kappa shape index (κ2) is 9.04. The van der Waals surface area contributed by atoms with Crippen LogP contribution in [0, 0.1) is 6.92 Å². The highest BCUT2D eigenvalue weighted by molar-refractivity contribution is 7.92. The summed E-state index contributed by atoms with van der Waals surface area (Å²) >= 11 is 0. The smallest absolute Gasteiger partial charge is 0.340 e. The molecular formula is C20H24N2O7S. The molecule has 0 atom stereocenters. The summed E-state index contributed by atoms with van der Waals surface area (Å²) in [6.45, 7) is 1.70. The molecule has 0 aliphatic rings. The van der Waals surface area contributed by atoms with Gasteiger partial charge >= 0.3 is 5.97 Å². The summed E-state index contributed by atoms with van der Waals surface area (Å²) in [5.41, 5.74) is 1.60. The number of benzene rings is 2. The number of rotatable bonds is 7. The average molecular weight is 436 g/mol. The van der Waals surface area contributed by atoms with E-state index < -0.39 is 21.9 Å². The Hall–Kier alpha value is -3.27. The van der Waals surface area contributed by atoms with Crippen molar-refractivity contribution in [3.63, 3.8) is 0 Å². The number of nitrogens with zero attached hydrogens (tertiary/aromatic N) is 1. The third-order valence-electron chi connectivity index (χ3n) is 4.47. The van der Waals surface area contributed by atoms with Crippen LogP contribution < -0.4 is 19.1 Å². The Morgan fingerprint density at radius 2 is 1.60 bits per heavy atom. The Kier molecular flexibility index (Phi) is 6.93. The van der Waals surface area contributed by atoms with Gasteiger partial charge in [0.05, 0.1) is 44.5 Å². The number of esters is 1. The maximum absolute atomic E-state index is 12.8. The molecular weight excluding hydrogens is 412 g/mol. The second-order valence-electron chi connectivity index (χ2n) is 6.43. The van der Waals surface area contributed by atoms with Crippen molar-refractivity contribution in [2.45, 2.75) is 6.92 Å². The largest absolute Gasteiger partial charge is 0.493 e. The lowest BCUT2D eigenvalue weighted by atomic mass is 10.1. The number of amides is 1. The van der Waals surface area contributed by atoms with Gasteiger partial charge in [0.25, 0.3) is 5.91 Å². The van der Waals surface area contributed by atoms with Crippen molar-refractivity contribution in [2.24, 2.45) is 0 Å². The number of methoxy groups -OCH3 is 3. The van der Waals surface area contributed by atoms with E-state index in [0.717, 1.165) is 10.6 Å². The Bertz CT molecular complexity index is 1080. The van der Waals surface area contributed by atoms with Crippen molar-refractivity contribution in [1.82, 2.24) is 0 Å². The molecule has 10 heteroatoms. The van der Waals surface area contributed by atoms with Crippen LogP contribution in [0.2, 0.25) is 0 Å². The first-order valence-corrected chi connectivity index (χ1v) is 10.6. The molecule has 2 aromatic rings. The van der Waals surface area contributed by atoms with E-state index in [1.807, 2.05) is 0 Å². The van der Waals surface area contributed by atoms with E-state index >= 15 is 0 Å². The van der Waals surface area contributed by atoms with Gasteiger partial charge in [0.15, 0.2) is 11.5 Å². The molecule has 0 heterocycles. The molecule has 2 rings (SSSR count). The van der Waals surface area contributed by atoms with Crippen LogP contribution in [0.3, 0.4) is 0 Å². The van der Waals surface area contributed by atoms with E-state index in [1.54, 1.807) is 19.1 Å². The zero-order chi connectivity index (χ0) is 22.6. The van der Waals surface area contributed by atoms with Crippen LogP contribution in [-0.4, -0.2) is 54.9 Å². The predicted octanol–water partition coefficient (Wildman–Crippen LogP) is 2.45. The summed E-state index contributed by atoms with van der Waals surface area (Å²) in [7, 11) is 2.08. The van der Waals surface area contributed by atoms with Crippen molar-refractivity contribution in [2.75, 3.05) is 44.3 Å². The average Bonchev–Trinajstić information content (AvgIpc) is 2.71. The number of aryl methyl sites for hydroxylation is 1. The number of carbonyl (C=O) groups excluding carboxylic acids is 2. The van der Waals surface area contributed by atoms with Gasteiger partial charge < -0.3 is 19.5 Å². The van der Waals surface area contributed by atoms with Gasteiger partial charge in [-0.1, -0.05) is 0 Å². The summed E-state index contributed by atoms with van der Waals surface area (Å²) in [5.74, 6) is -0.529. The number of anilines is 2. The fourth-order valence-corrected chi connectivity index (χ4v) is 3.35. The molecule has 0 saturated carbocycles. The molecule has 0 unspecified atom stereocenters. The first-order chi connectivity index (χ1) is 14.0. The third-order valence-corrected chi connectivity index (χ3v) is 5.66. The monoisotopic (exact) mass is 436 g/mol. The fraction of sp³-hybridized carbons (Fsp3) is 0.300. The molecule has 9 nitrogen and oxygen atoms in total. The van der Waals surface area contributed by atoms with Gasteiger partial charge in [-0.05, 0) is 30.7 Å². The maximum Gasteiger partial charge on any atom is 0.340 e. The van der Waals surface area contributed by atoms with Crippen LogP contribution in [0.15, 0.2) is 30.3 Å². The summed E-state index contributed by atoms with van der Waals surface area (Å²) < 4.78 is 39.9. The highest BCUT2D eigenvalue weighted by Crippen LogP contribution is 2.34. The quantitative estimate of drug-likeness (QED) is 0.664. The lowest BCUT2D eigenvalue weighted by molar-refractivity contribution is 0.0601. The van der Waals surface area contributed by atoms with Crippen LogP contribution in [0.1, 0.15) is 26.3 Å². The molecule has 0 radical (unpaired) electrons. The third kappa shape index (κ3) is 4.82. The molecule has 1 amide bonds. The van der Waals surface area contributed by atoms with Crippen LogP contribution in [0.5, 0.6) is 11.5 Å². The molecule has 2 aromatic carbocycles. The Morgan fingerprint density at radius 3 is 2.10 bits per heavy atom. The van der Waals surface area contributed by atoms with Crippen LogP contribution in [0.25, 0.3) is 0 Å². The van der Waals surface area contributed by atoms with Gasteiger partial charge in [-0.2, -0.15) is 0 Å². The van der Waals surface area contributed by atoms with Gasteiger partial charge in [0, 0.05) is 24.7 Å². The van der Waals surface area contributed by atoms with Gasteiger partial charge in [-0.3, -0.25) is 9.10 Å². The maximum atomic E-state index is 12.8. The van der Waals surface area contributed by atoms with E-state index in [4.69, 9.17) is 14.2 Å². The van der Waals surface area contributed by atoms with Crippen LogP contribution in [0.4, 0.5) is 11.4 Å².